The van der Waals surface area contributed by atoms with E-state index in [2.05, 4.69) is 58.4 Å². The van der Waals surface area contributed by atoms with Crippen molar-refractivity contribution in [2.45, 2.75) is 13.1 Å². The number of anilines is 2. The van der Waals surface area contributed by atoms with E-state index in [1.807, 2.05) is 24.3 Å². The van der Waals surface area contributed by atoms with Crippen LogP contribution in [0.4, 0.5) is 11.5 Å². The van der Waals surface area contributed by atoms with Gasteiger partial charge in [0.15, 0.2) is 0 Å². The molecule has 2 aromatic carbocycles. The molecule has 110 valence electrons. The maximum atomic E-state index is 5.92. The van der Waals surface area contributed by atoms with Gasteiger partial charge in [0.25, 0.3) is 0 Å². The summed E-state index contributed by atoms with van der Waals surface area (Å²) in [5.41, 5.74) is 9.15. The number of rotatable bonds is 5. The van der Waals surface area contributed by atoms with Gasteiger partial charge < -0.3 is 10.6 Å². The highest BCUT2D eigenvalue weighted by Crippen LogP contribution is 2.19. The van der Waals surface area contributed by atoms with Crippen molar-refractivity contribution in [3.05, 3.63) is 90.1 Å². The first kappa shape index (κ1) is 14.1. The van der Waals surface area contributed by atoms with Crippen LogP contribution in [-0.2, 0) is 13.1 Å². The minimum Gasteiger partial charge on any atom is -0.399 e. The van der Waals surface area contributed by atoms with Crippen molar-refractivity contribution in [1.82, 2.24) is 4.98 Å². The molecule has 0 bridgehead atoms. The van der Waals surface area contributed by atoms with E-state index in [-0.39, 0.29) is 0 Å². The summed E-state index contributed by atoms with van der Waals surface area (Å²) in [5.74, 6) is 0.896. The van der Waals surface area contributed by atoms with Crippen molar-refractivity contribution < 1.29 is 0 Å². The van der Waals surface area contributed by atoms with Crippen LogP contribution >= 0.6 is 0 Å². The molecular weight excluding hydrogens is 270 g/mol. The summed E-state index contributed by atoms with van der Waals surface area (Å²) in [5, 5.41) is 0. The lowest BCUT2D eigenvalue weighted by molar-refractivity contribution is 0.784. The second kappa shape index (κ2) is 6.76. The highest BCUT2D eigenvalue weighted by atomic mass is 15.2. The quantitative estimate of drug-likeness (QED) is 0.775. The van der Waals surface area contributed by atoms with Crippen molar-refractivity contribution in [1.29, 1.82) is 0 Å². The van der Waals surface area contributed by atoms with Crippen molar-refractivity contribution in [2.75, 3.05) is 10.6 Å². The third-order valence-corrected chi connectivity index (χ3v) is 3.53. The zero-order valence-electron chi connectivity index (χ0n) is 12.4. The molecule has 0 fully saturated rings. The van der Waals surface area contributed by atoms with Crippen LogP contribution in [0.25, 0.3) is 0 Å². The molecule has 0 aliphatic rings. The molecule has 2 N–H and O–H groups in total. The largest absolute Gasteiger partial charge is 0.399 e. The molecule has 3 nitrogen and oxygen atoms in total. The van der Waals surface area contributed by atoms with Gasteiger partial charge in [-0.3, -0.25) is 0 Å². The van der Waals surface area contributed by atoms with E-state index in [0.29, 0.717) is 0 Å². The summed E-state index contributed by atoms with van der Waals surface area (Å²) < 4.78 is 0. The lowest BCUT2D eigenvalue weighted by Crippen LogP contribution is -2.23. The van der Waals surface area contributed by atoms with Crippen LogP contribution in [0.1, 0.15) is 11.1 Å². The van der Waals surface area contributed by atoms with Gasteiger partial charge in [-0.15, -0.1) is 0 Å². The molecule has 0 saturated heterocycles. The first-order valence-electron chi connectivity index (χ1n) is 7.35. The van der Waals surface area contributed by atoms with E-state index < -0.39 is 0 Å². The Morgan fingerprint density at radius 1 is 0.773 bits per heavy atom. The van der Waals surface area contributed by atoms with Crippen LogP contribution in [0.3, 0.4) is 0 Å². The molecule has 1 aromatic heterocycles. The van der Waals surface area contributed by atoms with Crippen LogP contribution in [0.2, 0.25) is 0 Å². The fraction of sp³-hybridized carbons (Fsp3) is 0.105. The van der Waals surface area contributed by atoms with Gasteiger partial charge >= 0.3 is 0 Å². The topological polar surface area (TPSA) is 42.1 Å². The number of benzene rings is 2. The number of nitrogens with zero attached hydrogens (tertiary/aromatic N) is 2. The van der Waals surface area contributed by atoms with Gasteiger partial charge in [0, 0.05) is 31.0 Å². The van der Waals surface area contributed by atoms with Gasteiger partial charge in [0.1, 0.15) is 5.82 Å². The number of hydrogen-bond acceptors (Lipinski definition) is 3. The highest BCUT2D eigenvalue weighted by molar-refractivity contribution is 5.51. The second-order valence-corrected chi connectivity index (χ2v) is 5.27. The van der Waals surface area contributed by atoms with E-state index in [9.17, 15) is 0 Å². The normalized spacial score (nSPS) is 10.4. The maximum Gasteiger partial charge on any atom is 0.131 e. The third-order valence-electron chi connectivity index (χ3n) is 3.53. The van der Waals surface area contributed by atoms with E-state index in [1.165, 1.54) is 11.1 Å². The zero-order valence-corrected chi connectivity index (χ0v) is 12.4. The fourth-order valence-corrected chi connectivity index (χ4v) is 2.43. The van der Waals surface area contributed by atoms with Crippen LogP contribution < -0.4 is 10.6 Å². The zero-order chi connectivity index (χ0) is 15.2. The van der Waals surface area contributed by atoms with E-state index in [0.717, 1.165) is 24.6 Å². The first-order chi connectivity index (χ1) is 10.8. The van der Waals surface area contributed by atoms with Gasteiger partial charge in [-0.05, 0) is 17.2 Å². The summed E-state index contributed by atoms with van der Waals surface area (Å²) in [6.45, 7) is 1.60. The van der Waals surface area contributed by atoms with Crippen LogP contribution in [0.15, 0.2) is 79.0 Å². The average molecular weight is 289 g/mol. The SMILES string of the molecule is Nc1ccnc(N(Cc2ccccc2)Cc2ccccc2)c1. The minimum absolute atomic E-state index is 0.733. The van der Waals surface area contributed by atoms with Crippen molar-refractivity contribution in [2.24, 2.45) is 0 Å². The monoisotopic (exact) mass is 289 g/mol. The number of hydrogen-bond donors (Lipinski definition) is 1. The summed E-state index contributed by atoms with van der Waals surface area (Å²) in [6.07, 6.45) is 1.76. The lowest BCUT2D eigenvalue weighted by atomic mass is 10.1. The Labute approximate surface area is 131 Å². The average Bonchev–Trinajstić information content (AvgIpc) is 2.56. The molecule has 0 unspecified atom stereocenters. The number of nitrogen functional groups attached to an aromatic ring is 1. The Hall–Kier alpha value is -2.81. The van der Waals surface area contributed by atoms with Gasteiger partial charge in [0.2, 0.25) is 0 Å². The number of nitrogens with two attached hydrogens (primary N) is 1. The predicted molar refractivity (Wildman–Crippen MR) is 91.4 cm³/mol. The van der Waals surface area contributed by atoms with Crippen LogP contribution in [-0.4, -0.2) is 4.98 Å². The molecule has 0 radical (unpaired) electrons. The van der Waals surface area contributed by atoms with Crippen molar-refractivity contribution in [3.8, 4) is 0 Å². The Balaban J connectivity index is 1.88. The molecule has 0 aliphatic heterocycles. The fourth-order valence-electron chi connectivity index (χ4n) is 2.43. The van der Waals surface area contributed by atoms with Crippen molar-refractivity contribution >= 4 is 11.5 Å². The van der Waals surface area contributed by atoms with E-state index in [4.69, 9.17) is 5.73 Å². The Morgan fingerprint density at radius 2 is 1.32 bits per heavy atom. The van der Waals surface area contributed by atoms with Gasteiger partial charge in [0.05, 0.1) is 0 Å². The summed E-state index contributed by atoms with van der Waals surface area (Å²) in [6, 6.07) is 24.5. The second-order valence-electron chi connectivity index (χ2n) is 5.27. The first-order valence-corrected chi connectivity index (χ1v) is 7.35. The molecule has 3 aromatic rings. The van der Waals surface area contributed by atoms with Crippen LogP contribution in [0, 0.1) is 0 Å². The van der Waals surface area contributed by atoms with Crippen LogP contribution in [0.5, 0.6) is 0 Å². The molecular formula is C19H19N3. The molecule has 0 aliphatic carbocycles. The maximum absolute atomic E-state index is 5.92. The Morgan fingerprint density at radius 3 is 1.82 bits per heavy atom. The van der Waals surface area contributed by atoms with E-state index in [1.54, 1.807) is 6.20 Å². The highest BCUT2D eigenvalue weighted by Gasteiger charge is 2.10. The Bertz CT molecular complexity index is 670. The number of aromatic nitrogens is 1. The summed E-state index contributed by atoms with van der Waals surface area (Å²) >= 11 is 0. The molecule has 0 saturated carbocycles. The summed E-state index contributed by atoms with van der Waals surface area (Å²) in [7, 11) is 0. The molecule has 0 amide bonds. The smallest absolute Gasteiger partial charge is 0.131 e. The molecule has 22 heavy (non-hydrogen) atoms. The summed E-state index contributed by atoms with van der Waals surface area (Å²) in [4.78, 5) is 6.72. The predicted octanol–water partition coefficient (Wildman–Crippen LogP) is 3.87. The minimum atomic E-state index is 0.733. The van der Waals surface area contributed by atoms with Gasteiger partial charge in [-0.1, -0.05) is 60.7 Å². The lowest BCUT2D eigenvalue weighted by Gasteiger charge is -2.24. The van der Waals surface area contributed by atoms with Gasteiger partial charge in [-0.2, -0.15) is 0 Å². The molecule has 0 atom stereocenters. The number of pyridine rings is 1. The van der Waals surface area contributed by atoms with Gasteiger partial charge in [-0.25, -0.2) is 4.98 Å². The molecule has 3 rings (SSSR count). The molecule has 0 spiro atoms. The van der Waals surface area contributed by atoms with E-state index >= 15 is 0 Å². The third kappa shape index (κ3) is 3.64. The standard InChI is InChI=1S/C19H19N3/c20-18-11-12-21-19(13-18)22(14-16-7-3-1-4-8-16)15-17-9-5-2-6-10-17/h1-13H,14-15H2,(H2,20,21). The molecule has 3 heteroatoms. The molecule has 1 heterocycles. The Kier molecular flexibility index (Phi) is 4.35. The van der Waals surface area contributed by atoms with Crippen molar-refractivity contribution in [3.63, 3.8) is 0 Å².